The molecule has 3 unspecified atom stereocenters. The molecular weight excluding hydrogens is 416 g/mol. The maximum atomic E-state index is 5.17. The van der Waals surface area contributed by atoms with Crippen molar-refractivity contribution in [3.05, 3.63) is 108 Å². The highest BCUT2D eigenvalue weighted by molar-refractivity contribution is 7.04. The van der Waals surface area contributed by atoms with E-state index in [1.165, 1.54) is 38.2 Å². The largest absolute Gasteiger partial charge is 0.296 e. The highest BCUT2D eigenvalue weighted by Gasteiger charge is 2.49. The van der Waals surface area contributed by atoms with Crippen LogP contribution in [0.15, 0.2) is 97.1 Å². The Morgan fingerprint density at radius 2 is 1.55 bits per heavy atom. The number of benzene rings is 3. The fourth-order valence-electron chi connectivity index (χ4n) is 6.64. The minimum absolute atomic E-state index is 0.500. The van der Waals surface area contributed by atoms with Crippen LogP contribution in [0.25, 0.3) is 27.3 Å². The van der Waals surface area contributed by atoms with Gasteiger partial charge in [-0.3, -0.25) is 4.40 Å². The average Bonchev–Trinajstić information content (AvgIpc) is 3.20. The number of imidazole rings is 1. The molecule has 0 radical (unpaired) electrons. The summed E-state index contributed by atoms with van der Waals surface area (Å²) in [6.07, 6.45) is 9.40. The summed E-state index contributed by atoms with van der Waals surface area (Å²) >= 11 is 0. The molecule has 0 fully saturated rings. The van der Waals surface area contributed by atoms with Crippen molar-refractivity contribution in [3.63, 3.8) is 0 Å². The van der Waals surface area contributed by atoms with Crippen molar-refractivity contribution in [2.45, 2.75) is 25.4 Å². The molecule has 2 nitrogen and oxygen atoms in total. The zero-order valence-electron chi connectivity index (χ0n) is 19.0. The molecule has 2 aromatic heterocycles. The van der Waals surface area contributed by atoms with Gasteiger partial charge in [0, 0.05) is 16.5 Å². The van der Waals surface area contributed by atoms with Gasteiger partial charge in [0.05, 0.1) is 11.2 Å². The number of allylic oxidation sites excluding steroid dienone is 4. The van der Waals surface area contributed by atoms with E-state index in [0.717, 1.165) is 11.7 Å². The first-order valence-corrected chi connectivity index (χ1v) is 14.2. The molecule has 0 bridgehead atoms. The molecule has 0 saturated carbocycles. The first-order valence-electron chi connectivity index (χ1n) is 11.9. The predicted octanol–water partition coefficient (Wildman–Crippen LogP) is 5.74. The first-order chi connectivity index (χ1) is 16.2. The number of fused-ring (bicyclic) bond motifs is 3. The number of hydrogen-bond donors (Lipinski definition) is 0. The number of para-hydroxylation sites is 1. The lowest BCUT2D eigenvalue weighted by Crippen LogP contribution is -2.66. The van der Waals surface area contributed by atoms with Gasteiger partial charge >= 0.3 is 0 Å². The first kappa shape index (κ1) is 19.1. The number of pyridine rings is 1. The van der Waals surface area contributed by atoms with E-state index in [2.05, 4.69) is 115 Å². The van der Waals surface area contributed by atoms with E-state index in [9.17, 15) is 0 Å². The van der Waals surface area contributed by atoms with E-state index < -0.39 is 8.07 Å². The summed E-state index contributed by atoms with van der Waals surface area (Å²) in [5, 5.41) is 7.00. The van der Waals surface area contributed by atoms with Crippen LogP contribution in [-0.4, -0.2) is 17.5 Å². The minimum atomic E-state index is -2.23. The summed E-state index contributed by atoms with van der Waals surface area (Å²) in [5.41, 5.74) is 5.59. The molecule has 3 aromatic carbocycles. The maximum absolute atomic E-state index is 5.17. The van der Waals surface area contributed by atoms with Gasteiger partial charge in [0.1, 0.15) is 13.7 Å². The van der Waals surface area contributed by atoms with Crippen molar-refractivity contribution in [1.82, 2.24) is 9.38 Å². The highest BCUT2D eigenvalue weighted by Crippen LogP contribution is 2.42. The summed E-state index contributed by atoms with van der Waals surface area (Å²) in [6, 6.07) is 28.3. The van der Waals surface area contributed by atoms with Crippen molar-refractivity contribution in [2.24, 2.45) is 5.92 Å². The number of aromatic nitrogens is 2. The molecule has 33 heavy (non-hydrogen) atoms. The van der Waals surface area contributed by atoms with Crippen molar-refractivity contribution in [3.8, 4) is 0 Å². The second-order valence-electron chi connectivity index (χ2n) is 9.72. The second-order valence-corrected chi connectivity index (χ2v) is 13.8. The summed E-state index contributed by atoms with van der Waals surface area (Å²) in [7, 11) is -2.23. The van der Waals surface area contributed by atoms with Gasteiger partial charge in [0.2, 0.25) is 0 Å². The molecular formula is C30H26N2Si. The summed E-state index contributed by atoms with van der Waals surface area (Å²) < 4.78 is 2.50. The van der Waals surface area contributed by atoms with Crippen LogP contribution in [0.2, 0.25) is 5.54 Å². The number of rotatable bonds is 2. The third-order valence-corrected chi connectivity index (χ3v) is 13.6. The van der Waals surface area contributed by atoms with Crippen molar-refractivity contribution in [2.75, 3.05) is 0 Å². The third-order valence-electron chi connectivity index (χ3n) is 8.09. The second kappa shape index (κ2) is 6.78. The molecule has 160 valence electrons. The number of nitrogens with zero attached hydrogens (tertiary/aromatic N) is 2. The van der Waals surface area contributed by atoms with Gasteiger partial charge in [-0.05, 0) is 35.0 Å². The lowest BCUT2D eigenvalue weighted by molar-refractivity contribution is 0.711. The molecule has 7 rings (SSSR count). The van der Waals surface area contributed by atoms with Crippen LogP contribution < -0.4 is 10.4 Å². The standard InChI is InChI=1S/C30H26N2Si/c1-20-11-6-9-17-27(20)33(22-12-4-3-5-13-22)19-26-21(2)31-30-25-15-8-7-14-23(25)24-16-10-18-28(33)29(24)32(26)30/h3-18,20,27H,19H2,1-2H3. The molecule has 3 heterocycles. The van der Waals surface area contributed by atoms with Gasteiger partial charge in [-0.25, -0.2) is 4.98 Å². The minimum Gasteiger partial charge on any atom is -0.296 e. The predicted molar refractivity (Wildman–Crippen MR) is 141 cm³/mol. The SMILES string of the molecule is Cc1nc2c3ccccc3c3cccc4c3n2c1C[Si]4(c1ccccc1)C1C=CC=CC1C. The zero-order valence-corrected chi connectivity index (χ0v) is 20.0. The quantitative estimate of drug-likeness (QED) is 0.252. The Morgan fingerprint density at radius 1 is 0.818 bits per heavy atom. The van der Waals surface area contributed by atoms with Gasteiger partial charge in [0.15, 0.2) is 0 Å². The molecule has 1 aliphatic carbocycles. The molecule has 3 atom stereocenters. The van der Waals surface area contributed by atoms with Gasteiger partial charge in [-0.2, -0.15) is 0 Å². The summed E-state index contributed by atoms with van der Waals surface area (Å²) in [6.45, 7) is 4.61. The number of hydrogen-bond acceptors (Lipinski definition) is 1. The van der Waals surface area contributed by atoms with Gasteiger partial charge in [-0.1, -0.05) is 109 Å². The highest BCUT2D eigenvalue weighted by atomic mass is 28.3. The Balaban J connectivity index is 1.71. The normalized spacial score (nSPS) is 23.8. The zero-order chi connectivity index (χ0) is 22.2. The Bertz CT molecular complexity index is 1630. The molecule has 0 amide bonds. The van der Waals surface area contributed by atoms with Crippen LogP contribution in [0, 0.1) is 12.8 Å². The fraction of sp³-hybridized carbons (Fsp3) is 0.167. The topological polar surface area (TPSA) is 17.3 Å². The summed E-state index contributed by atoms with van der Waals surface area (Å²) in [5.74, 6) is 0.503. The van der Waals surface area contributed by atoms with Crippen molar-refractivity contribution >= 4 is 45.8 Å². The molecule has 5 aromatic rings. The van der Waals surface area contributed by atoms with Crippen LogP contribution >= 0.6 is 0 Å². The lowest BCUT2D eigenvalue weighted by atomic mass is 10.0. The van der Waals surface area contributed by atoms with Crippen molar-refractivity contribution in [1.29, 1.82) is 0 Å². The Morgan fingerprint density at radius 3 is 2.36 bits per heavy atom. The molecule has 1 aliphatic heterocycles. The van der Waals surface area contributed by atoms with Crippen LogP contribution in [0.5, 0.6) is 0 Å². The smallest absolute Gasteiger partial charge is 0.145 e. The molecule has 3 heteroatoms. The van der Waals surface area contributed by atoms with Crippen LogP contribution in [0.4, 0.5) is 0 Å². The Kier molecular flexibility index (Phi) is 3.92. The third kappa shape index (κ3) is 2.40. The fourth-order valence-corrected chi connectivity index (χ4v) is 12.6. The lowest BCUT2D eigenvalue weighted by Gasteiger charge is -2.44. The van der Waals surface area contributed by atoms with E-state index in [1.54, 1.807) is 5.19 Å². The molecule has 0 N–H and O–H groups in total. The van der Waals surface area contributed by atoms with E-state index in [1.807, 2.05) is 0 Å². The average molecular weight is 443 g/mol. The molecule has 2 aliphatic rings. The van der Waals surface area contributed by atoms with Crippen LogP contribution in [0.1, 0.15) is 18.3 Å². The van der Waals surface area contributed by atoms with Crippen molar-refractivity contribution < 1.29 is 0 Å². The van der Waals surface area contributed by atoms with E-state index in [0.29, 0.717) is 11.5 Å². The molecule has 0 spiro atoms. The van der Waals surface area contributed by atoms with Crippen LogP contribution in [0.3, 0.4) is 0 Å². The van der Waals surface area contributed by atoms with E-state index in [-0.39, 0.29) is 0 Å². The van der Waals surface area contributed by atoms with Gasteiger partial charge in [0.25, 0.3) is 0 Å². The van der Waals surface area contributed by atoms with Crippen LogP contribution in [-0.2, 0) is 6.04 Å². The summed E-state index contributed by atoms with van der Waals surface area (Å²) in [4.78, 5) is 5.17. The van der Waals surface area contributed by atoms with E-state index >= 15 is 0 Å². The number of aryl methyl sites for hydroxylation is 1. The van der Waals surface area contributed by atoms with Gasteiger partial charge < -0.3 is 0 Å². The molecule has 0 saturated heterocycles. The van der Waals surface area contributed by atoms with Gasteiger partial charge in [-0.15, -0.1) is 0 Å². The maximum Gasteiger partial charge on any atom is 0.145 e. The Labute approximate surface area is 194 Å². The monoisotopic (exact) mass is 442 g/mol. The Hall–Kier alpha value is -3.43. The van der Waals surface area contributed by atoms with E-state index in [4.69, 9.17) is 4.98 Å².